The number of hydrogen-bond acceptors (Lipinski definition) is 4. The minimum atomic E-state index is 0. The van der Waals surface area contributed by atoms with E-state index in [0.29, 0.717) is 13.1 Å². The first-order valence-corrected chi connectivity index (χ1v) is 10.1. The van der Waals surface area contributed by atoms with E-state index < -0.39 is 0 Å². The number of aryl methyl sites for hydroxylation is 2. The molecule has 0 radical (unpaired) electrons. The molecule has 8 nitrogen and oxygen atoms in total. The van der Waals surface area contributed by atoms with Crippen molar-refractivity contribution in [1.29, 1.82) is 0 Å². The number of carbonyl (C=O) groups is 1. The van der Waals surface area contributed by atoms with E-state index in [2.05, 4.69) is 58.4 Å². The predicted octanol–water partition coefficient (Wildman–Crippen LogP) is 2.10. The number of aromatic nitrogens is 2. The molecule has 1 amide bonds. The lowest BCUT2D eigenvalue weighted by Gasteiger charge is -2.35. The number of hydrogen-bond donors (Lipinski definition) is 1. The van der Waals surface area contributed by atoms with Gasteiger partial charge in [0.25, 0.3) is 0 Å². The van der Waals surface area contributed by atoms with Crippen LogP contribution in [0.25, 0.3) is 0 Å². The highest BCUT2D eigenvalue weighted by Gasteiger charge is 2.27. The van der Waals surface area contributed by atoms with Crippen molar-refractivity contribution >= 4 is 47.2 Å². The summed E-state index contributed by atoms with van der Waals surface area (Å²) in [6.45, 7) is 8.52. The number of likely N-dealkylation sites (N-methyl/N-ethyl adjacent to an activating group) is 1. The molecule has 1 aliphatic rings. The fraction of sp³-hybridized carbons (Fsp3) is 0.476. The number of benzene rings is 1. The van der Waals surface area contributed by atoms with E-state index in [1.54, 1.807) is 22.8 Å². The van der Waals surface area contributed by atoms with Crippen LogP contribution in [0.5, 0.6) is 0 Å². The van der Waals surface area contributed by atoms with Gasteiger partial charge < -0.3 is 20.0 Å². The minimum absolute atomic E-state index is 0. The summed E-state index contributed by atoms with van der Waals surface area (Å²) in [5.74, 6) is 0.826. The normalized spacial score (nSPS) is 14.5. The second-order valence-corrected chi connectivity index (χ2v) is 7.18. The zero-order chi connectivity index (χ0) is 20.8. The molecule has 0 bridgehead atoms. The Labute approximate surface area is 195 Å². The first-order valence-electron chi connectivity index (χ1n) is 10.1. The molecule has 1 aromatic carbocycles. The van der Waals surface area contributed by atoms with Crippen LogP contribution in [0, 0.1) is 6.92 Å². The van der Waals surface area contributed by atoms with Gasteiger partial charge in [0.05, 0.1) is 11.9 Å². The van der Waals surface area contributed by atoms with Gasteiger partial charge in [-0.1, -0.05) is 18.2 Å². The average Bonchev–Trinajstić information content (AvgIpc) is 3.15. The van der Waals surface area contributed by atoms with E-state index in [1.807, 2.05) is 18.1 Å². The number of amides is 1. The molecule has 0 spiro atoms. The molecule has 164 valence electrons. The minimum Gasteiger partial charge on any atom is -0.370 e. The van der Waals surface area contributed by atoms with Crippen LogP contribution in [0.4, 0.5) is 11.4 Å². The smallest absolute Gasteiger partial charge is 0.246 e. The zero-order valence-corrected chi connectivity index (χ0v) is 20.5. The van der Waals surface area contributed by atoms with Crippen LogP contribution in [0.1, 0.15) is 12.5 Å². The van der Waals surface area contributed by atoms with Gasteiger partial charge in [-0.3, -0.25) is 14.5 Å². The van der Waals surface area contributed by atoms with Gasteiger partial charge in [0.1, 0.15) is 6.54 Å². The number of carbonyl (C=O) groups excluding carboxylic acids is 1. The Kier molecular flexibility index (Phi) is 8.94. The van der Waals surface area contributed by atoms with Gasteiger partial charge in [-0.25, -0.2) is 0 Å². The summed E-state index contributed by atoms with van der Waals surface area (Å²) < 4.78 is 1.71. The van der Waals surface area contributed by atoms with Crippen LogP contribution in [0.15, 0.2) is 41.7 Å². The van der Waals surface area contributed by atoms with Crippen LogP contribution in [0.2, 0.25) is 0 Å². The first kappa shape index (κ1) is 24.0. The van der Waals surface area contributed by atoms with Crippen molar-refractivity contribution in [1.82, 2.24) is 20.0 Å². The summed E-state index contributed by atoms with van der Waals surface area (Å²) >= 11 is 0. The van der Waals surface area contributed by atoms with Crippen molar-refractivity contribution < 1.29 is 4.79 Å². The SMILES string of the molecule is CCN(CCNC(=NC)N1CCN(c2cnn(C)c2)C(=O)C1)c1ccccc1C.I. The van der Waals surface area contributed by atoms with Crippen LogP contribution in [0.3, 0.4) is 0 Å². The lowest BCUT2D eigenvalue weighted by atomic mass is 10.2. The van der Waals surface area contributed by atoms with Crippen LogP contribution >= 0.6 is 24.0 Å². The Morgan fingerprint density at radius 1 is 1.30 bits per heavy atom. The van der Waals surface area contributed by atoms with Gasteiger partial charge in [-0.15, -0.1) is 24.0 Å². The quantitative estimate of drug-likeness (QED) is 0.356. The molecule has 1 aliphatic heterocycles. The molecule has 1 aromatic heterocycles. The fourth-order valence-corrected chi connectivity index (χ4v) is 3.68. The third-order valence-corrected chi connectivity index (χ3v) is 5.24. The van der Waals surface area contributed by atoms with E-state index in [4.69, 9.17) is 0 Å². The van der Waals surface area contributed by atoms with Crippen LogP contribution in [-0.4, -0.2) is 72.9 Å². The Morgan fingerprint density at radius 3 is 2.67 bits per heavy atom. The number of rotatable bonds is 6. The molecular weight excluding hydrogens is 493 g/mol. The monoisotopic (exact) mass is 525 g/mol. The lowest BCUT2D eigenvalue weighted by Crippen LogP contribution is -2.56. The van der Waals surface area contributed by atoms with Crippen molar-refractivity contribution in [3.05, 3.63) is 42.2 Å². The molecule has 30 heavy (non-hydrogen) atoms. The molecule has 0 saturated carbocycles. The molecular formula is C21H32IN7O. The van der Waals surface area contributed by atoms with Gasteiger partial charge in [0.2, 0.25) is 5.91 Å². The molecule has 1 N–H and O–H groups in total. The third kappa shape index (κ3) is 5.65. The molecule has 0 unspecified atom stereocenters. The number of aliphatic imine (C=N–C) groups is 1. The van der Waals surface area contributed by atoms with Crippen molar-refractivity contribution in [3.63, 3.8) is 0 Å². The molecule has 2 heterocycles. The molecule has 2 aromatic rings. The van der Waals surface area contributed by atoms with Crippen LogP contribution < -0.4 is 15.1 Å². The van der Waals surface area contributed by atoms with E-state index in [9.17, 15) is 4.79 Å². The van der Waals surface area contributed by atoms with Gasteiger partial charge in [0.15, 0.2) is 5.96 Å². The van der Waals surface area contributed by atoms with Crippen molar-refractivity contribution in [2.24, 2.45) is 12.0 Å². The average molecular weight is 525 g/mol. The largest absolute Gasteiger partial charge is 0.370 e. The number of nitrogens with zero attached hydrogens (tertiary/aromatic N) is 6. The highest BCUT2D eigenvalue weighted by Crippen LogP contribution is 2.19. The second-order valence-electron chi connectivity index (χ2n) is 7.18. The molecule has 9 heteroatoms. The summed E-state index contributed by atoms with van der Waals surface area (Å²) in [6, 6.07) is 8.43. The number of halogens is 1. The van der Waals surface area contributed by atoms with E-state index in [-0.39, 0.29) is 29.9 Å². The molecule has 3 rings (SSSR count). The number of para-hydroxylation sites is 1. The summed E-state index contributed by atoms with van der Waals surface area (Å²) in [4.78, 5) is 23.2. The Bertz CT molecular complexity index is 867. The second kappa shape index (κ2) is 11.2. The standard InChI is InChI=1S/C21H31N7O.HI/c1-5-26(19-9-7-6-8-17(19)2)11-10-23-21(22-3)27-12-13-28(20(29)16-27)18-14-24-25(4)15-18;/h6-9,14-15H,5,10-13,16H2,1-4H3,(H,22,23);1H. The molecule has 0 atom stereocenters. The predicted molar refractivity (Wildman–Crippen MR) is 133 cm³/mol. The Hall–Kier alpha value is -2.30. The molecule has 1 fully saturated rings. The highest BCUT2D eigenvalue weighted by molar-refractivity contribution is 14.0. The Balaban J connectivity index is 0.00000320. The summed E-state index contributed by atoms with van der Waals surface area (Å²) in [5, 5.41) is 7.58. The van der Waals surface area contributed by atoms with Gasteiger partial charge >= 0.3 is 0 Å². The van der Waals surface area contributed by atoms with Gasteiger partial charge in [-0.05, 0) is 25.5 Å². The van der Waals surface area contributed by atoms with E-state index >= 15 is 0 Å². The van der Waals surface area contributed by atoms with Crippen molar-refractivity contribution in [2.75, 3.05) is 56.1 Å². The molecule has 1 saturated heterocycles. The maximum atomic E-state index is 12.6. The summed E-state index contributed by atoms with van der Waals surface area (Å²) in [7, 11) is 3.62. The van der Waals surface area contributed by atoms with E-state index in [1.165, 1.54) is 11.3 Å². The fourth-order valence-electron chi connectivity index (χ4n) is 3.68. The van der Waals surface area contributed by atoms with E-state index in [0.717, 1.165) is 37.8 Å². The lowest BCUT2D eigenvalue weighted by molar-refractivity contribution is -0.120. The third-order valence-electron chi connectivity index (χ3n) is 5.24. The number of piperazine rings is 1. The van der Waals surface area contributed by atoms with Crippen LogP contribution in [-0.2, 0) is 11.8 Å². The van der Waals surface area contributed by atoms with Crippen molar-refractivity contribution in [2.45, 2.75) is 13.8 Å². The van der Waals surface area contributed by atoms with Crippen molar-refractivity contribution in [3.8, 4) is 0 Å². The number of anilines is 2. The maximum absolute atomic E-state index is 12.6. The molecule has 0 aliphatic carbocycles. The zero-order valence-electron chi connectivity index (χ0n) is 18.2. The summed E-state index contributed by atoms with van der Waals surface area (Å²) in [6.07, 6.45) is 3.59. The topological polar surface area (TPSA) is 69.0 Å². The highest BCUT2D eigenvalue weighted by atomic mass is 127. The maximum Gasteiger partial charge on any atom is 0.246 e. The van der Waals surface area contributed by atoms with Gasteiger partial charge in [0, 0.05) is 58.7 Å². The number of nitrogens with one attached hydrogen (secondary N) is 1. The summed E-state index contributed by atoms with van der Waals surface area (Å²) in [5.41, 5.74) is 3.37. The Morgan fingerprint density at radius 2 is 2.07 bits per heavy atom. The van der Waals surface area contributed by atoms with Gasteiger partial charge in [-0.2, -0.15) is 5.10 Å². The first-order chi connectivity index (χ1) is 14.0. The number of guanidine groups is 1.